The number of hydrogen-bond donors (Lipinski definition) is 4. The Hall–Kier alpha value is -2.27. The molecule has 2 aromatic rings. The minimum Gasteiger partial charge on any atom is -0.491 e. The van der Waals surface area contributed by atoms with Gasteiger partial charge in [0, 0.05) is 49.9 Å². The Morgan fingerprint density at radius 2 is 1.44 bits per heavy atom. The van der Waals surface area contributed by atoms with Crippen LogP contribution >= 0.6 is 27.7 Å². The van der Waals surface area contributed by atoms with E-state index in [0.29, 0.717) is 85.3 Å². The molecule has 3 rings (SSSR count). The van der Waals surface area contributed by atoms with Crippen molar-refractivity contribution in [1.82, 2.24) is 5.32 Å². The lowest BCUT2D eigenvalue weighted by molar-refractivity contribution is 0.129. The van der Waals surface area contributed by atoms with Crippen LogP contribution in [0.4, 0.5) is 5.69 Å². The maximum atomic E-state index is 8.52. The number of hydrogen-bond acceptors (Lipinski definition) is 8. The predicted molar refractivity (Wildman–Crippen MR) is 139 cm³/mol. The van der Waals surface area contributed by atoms with E-state index in [1.165, 1.54) is 11.8 Å². The summed E-state index contributed by atoms with van der Waals surface area (Å²) in [5.41, 5.74) is 7.89. The van der Waals surface area contributed by atoms with Gasteiger partial charge in [0.1, 0.15) is 23.2 Å². The summed E-state index contributed by atoms with van der Waals surface area (Å²) in [7, 11) is 0. The number of amidine groups is 2. The minimum atomic E-state index is 0.106. The van der Waals surface area contributed by atoms with Crippen LogP contribution in [-0.4, -0.2) is 51.3 Å². The van der Waals surface area contributed by atoms with Crippen molar-refractivity contribution in [2.45, 2.75) is 36.5 Å². The lowest BCUT2D eigenvalue weighted by Crippen LogP contribution is -2.20. The van der Waals surface area contributed by atoms with Gasteiger partial charge in [0.25, 0.3) is 0 Å². The van der Waals surface area contributed by atoms with Crippen LogP contribution in [0.25, 0.3) is 0 Å². The van der Waals surface area contributed by atoms with E-state index in [1.807, 2.05) is 38.1 Å². The third-order valence-electron chi connectivity index (χ3n) is 4.96. The number of anilines is 1. The highest BCUT2D eigenvalue weighted by Gasteiger charge is 2.35. The van der Waals surface area contributed by atoms with Gasteiger partial charge in [-0.25, -0.2) is 0 Å². The fourth-order valence-electron chi connectivity index (χ4n) is 3.39. The minimum absolute atomic E-state index is 0.106. The van der Waals surface area contributed by atoms with Gasteiger partial charge in [0.15, 0.2) is 0 Å². The Labute approximate surface area is 213 Å². The average Bonchev–Trinajstić information content (AvgIpc) is 3.11. The number of nitrogens with one attached hydrogen (secondary N) is 3. The van der Waals surface area contributed by atoms with Crippen molar-refractivity contribution in [2.75, 3.05) is 45.4 Å². The van der Waals surface area contributed by atoms with Crippen molar-refractivity contribution >= 4 is 45.1 Å². The number of para-hydroxylation sites is 1. The maximum Gasteiger partial charge on any atom is 0.146 e. The Balaban J connectivity index is 2.03. The number of fused-ring (bicyclic) bond motifs is 1. The van der Waals surface area contributed by atoms with Gasteiger partial charge in [-0.2, -0.15) is 0 Å². The van der Waals surface area contributed by atoms with Gasteiger partial charge in [-0.05, 0) is 41.9 Å². The van der Waals surface area contributed by atoms with E-state index < -0.39 is 0 Å². The van der Waals surface area contributed by atoms with Crippen LogP contribution in [0, 0.1) is 10.8 Å². The molecule has 0 unspecified atom stereocenters. The van der Waals surface area contributed by atoms with E-state index in [2.05, 4.69) is 21.2 Å². The Bertz CT molecular complexity index is 1030. The van der Waals surface area contributed by atoms with Crippen molar-refractivity contribution in [3.63, 3.8) is 0 Å². The van der Waals surface area contributed by atoms with Crippen LogP contribution in [0.15, 0.2) is 38.5 Å². The van der Waals surface area contributed by atoms with E-state index in [9.17, 15) is 0 Å². The SMILES string of the molecule is CCOCCCOc1c(Br)c(Sc2ccccc2N)c(OCCCOCC)c2c1C(=N)NC2=N. The van der Waals surface area contributed by atoms with Gasteiger partial charge < -0.3 is 30.0 Å². The summed E-state index contributed by atoms with van der Waals surface area (Å²) in [6, 6.07) is 7.59. The summed E-state index contributed by atoms with van der Waals surface area (Å²) < 4.78 is 23.9. The summed E-state index contributed by atoms with van der Waals surface area (Å²) in [4.78, 5) is 1.60. The molecule has 1 aliphatic rings. The Kier molecular flexibility index (Phi) is 10.1. The standard InChI is InChI=1S/C24H31BrN4O4S/c1-3-30-11-7-13-32-20-17-18(24(28)29-23(17)27)21(33-14-8-12-31-4-2)22(19(20)25)34-16-10-6-5-9-15(16)26/h5-6,9-10H,3-4,7-8,11-14,26H2,1-2H3,(H3,27,28,29). The van der Waals surface area contributed by atoms with Crippen LogP contribution in [0.1, 0.15) is 37.8 Å². The van der Waals surface area contributed by atoms with E-state index in [-0.39, 0.29) is 11.7 Å². The number of ether oxygens (including phenoxy) is 4. The van der Waals surface area contributed by atoms with E-state index >= 15 is 0 Å². The molecule has 8 nitrogen and oxygen atoms in total. The normalized spacial score (nSPS) is 12.6. The van der Waals surface area contributed by atoms with Gasteiger partial charge in [0.2, 0.25) is 0 Å². The van der Waals surface area contributed by atoms with Crippen LogP contribution in [0.5, 0.6) is 11.5 Å². The molecule has 0 spiro atoms. The third-order valence-corrected chi connectivity index (χ3v) is 7.16. The quantitative estimate of drug-likeness (QED) is 0.192. The summed E-state index contributed by atoms with van der Waals surface area (Å²) in [5.74, 6) is 1.24. The highest BCUT2D eigenvalue weighted by Crippen LogP contribution is 2.51. The fourth-order valence-corrected chi connectivity index (χ4v) is 5.11. The van der Waals surface area contributed by atoms with Crippen molar-refractivity contribution in [3.05, 3.63) is 39.9 Å². The van der Waals surface area contributed by atoms with Crippen LogP contribution in [0.3, 0.4) is 0 Å². The molecule has 184 valence electrons. The molecule has 0 amide bonds. The van der Waals surface area contributed by atoms with Gasteiger partial charge in [-0.1, -0.05) is 23.9 Å². The van der Waals surface area contributed by atoms with Crippen molar-refractivity contribution < 1.29 is 18.9 Å². The van der Waals surface area contributed by atoms with Gasteiger partial charge >= 0.3 is 0 Å². The van der Waals surface area contributed by atoms with Gasteiger partial charge in [-0.15, -0.1) is 0 Å². The molecular formula is C24H31BrN4O4S. The molecular weight excluding hydrogens is 520 g/mol. The molecule has 5 N–H and O–H groups in total. The third kappa shape index (κ3) is 6.24. The summed E-state index contributed by atoms with van der Waals surface area (Å²) >= 11 is 5.15. The molecule has 2 aromatic carbocycles. The van der Waals surface area contributed by atoms with E-state index in [0.717, 1.165) is 9.79 Å². The Morgan fingerprint density at radius 3 is 2.03 bits per heavy atom. The smallest absolute Gasteiger partial charge is 0.146 e. The van der Waals surface area contributed by atoms with Crippen LogP contribution in [-0.2, 0) is 9.47 Å². The van der Waals surface area contributed by atoms with Crippen LogP contribution < -0.4 is 20.5 Å². The molecule has 0 aromatic heterocycles. The van der Waals surface area contributed by atoms with Gasteiger partial charge in [-0.3, -0.25) is 10.8 Å². The topological polar surface area (TPSA) is 123 Å². The molecule has 0 bridgehead atoms. The molecule has 0 saturated heterocycles. The fraction of sp³-hybridized carbons (Fsp3) is 0.417. The van der Waals surface area contributed by atoms with E-state index in [4.69, 9.17) is 35.5 Å². The molecule has 0 fully saturated rings. The number of nitrogen functional groups attached to an aromatic ring is 1. The summed E-state index contributed by atoms with van der Waals surface area (Å²) in [6.07, 6.45) is 1.41. The maximum absolute atomic E-state index is 8.52. The lowest BCUT2D eigenvalue weighted by Gasteiger charge is -2.21. The Morgan fingerprint density at radius 1 is 0.882 bits per heavy atom. The highest BCUT2D eigenvalue weighted by molar-refractivity contribution is 9.10. The lowest BCUT2D eigenvalue weighted by atomic mass is 10.1. The molecule has 1 heterocycles. The average molecular weight is 552 g/mol. The zero-order chi connectivity index (χ0) is 24.5. The zero-order valence-corrected chi connectivity index (χ0v) is 21.9. The highest BCUT2D eigenvalue weighted by atomic mass is 79.9. The van der Waals surface area contributed by atoms with E-state index in [1.54, 1.807) is 0 Å². The first-order valence-corrected chi connectivity index (χ1v) is 12.9. The number of nitrogens with two attached hydrogens (primary N) is 1. The first-order valence-electron chi connectivity index (χ1n) is 11.3. The largest absolute Gasteiger partial charge is 0.491 e. The second-order valence-corrected chi connectivity index (χ2v) is 9.21. The van der Waals surface area contributed by atoms with Crippen molar-refractivity contribution in [1.29, 1.82) is 10.8 Å². The summed E-state index contributed by atoms with van der Waals surface area (Å²) in [6.45, 7) is 7.20. The zero-order valence-electron chi connectivity index (χ0n) is 19.5. The second kappa shape index (κ2) is 13.0. The van der Waals surface area contributed by atoms with Crippen LogP contribution in [0.2, 0.25) is 0 Å². The predicted octanol–water partition coefficient (Wildman–Crippen LogP) is 5.05. The number of rotatable bonds is 14. The molecule has 0 radical (unpaired) electrons. The van der Waals surface area contributed by atoms with Crippen molar-refractivity contribution in [3.8, 4) is 11.5 Å². The molecule has 34 heavy (non-hydrogen) atoms. The molecule has 10 heteroatoms. The first kappa shape index (κ1) is 26.3. The number of benzene rings is 2. The first-order chi connectivity index (χ1) is 16.5. The molecule has 0 aliphatic carbocycles. The van der Waals surface area contributed by atoms with Crippen molar-refractivity contribution in [2.24, 2.45) is 0 Å². The molecule has 0 saturated carbocycles. The number of halogens is 1. The van der Waals surface area contributed by atoms with Gasteiger partial charge in [0.05, 0.1) is 33.7 Å². The second-order valence-electron chi connectivity index (χ2n) is 7.36. The molecule has 1 aliphatic heterocycles. The monoisotopic (exact) mass is 550 g/mol. The summed E-state index contributed by atoms with van der Waals surface area (Å²) in [5, 5.41) is 19.8. The molecule has 0 atom stereocenters.